The molecule has 0 aliphatic carbocycles. The Kier molecular flexibility index (Phi) is 23.8. The van der Waals surface area contributed by atoms with Crippen LogP contribution < -0.4 is 22.2 Å². The van der Waals surface area contributed by atoms with E-state index in [1.807, 2.05) is 78.9 Å². The van der Waals surface area contributed by atoms with E-state index in [1.54, 1.807) is 61.0 Å². The first kappa shape index (κ1) is 69.8. The Labute approximate surface area is 572 Å². The largest absolute Gasteiger partial charge is 0.393 e. The third-order valence-corrected chi connectivity index (χ3v) is 18.2. The number of hydrogen-bond acceptors (Lipinski definition) is 16. The number of hydrogen-bond donors (Lipinski definition) is 1. The van der Waals surface area contributed by atoms with Crippen LogP contribution in [0.25, 0.3) is 43.6 Å². The van der Waals surface area contributed by atoms with Crippen LogP contribution in [-0.4, -0.2) is 80.2 Å². The average molecular weight is 1490 g/mol. The fourth-order valence-electron chi connectivity index (χ4n) is 11.3. The van der Waals surface area contributed by atoms with Crippen molar-refractivity contribution in [3.05, 3.63) is 217 Å². The van der Waals surface area contributed by atoms with Gasteiger partial charge in [0.05, 0.1) is 74.2 Å². The number of fused-ring (bicyclic) bond motifs is 8. The van der Waals surface area contributed by atoms with Gasteiger partial charge in [-0.3, -0.25) is 41.6 Å². The summed E-state index contributed by atoms with van der Waals surface area (Å²) in [5.74, 6) is 11.5. The second-order valence-corrected chi connectivity index (χ2v) is 26.9. The van der Waals surface area contributed by atoms with Crippen LogP contribution in [0.4, 0.5) is 0 Å². The van der Waals surface area contributed by atoms with E-state index in [-0.39, 0.29) is 52.6 Å². The van der Waals surface area contributed by atoms with Crippen molar-refractivity contribution < 1.29 is 17.7 Å². The van der Waals surface area contributed by atoms with Gasteiger partial charge < -0.3 is 5.11 Å². The predicted molar refractivity (Wildman–Crippen MR) is 372 cm³/mol. The summed E-state index contributed by atoms with van der Waals surface area (Å²) in [5, 5.41) is 30.3. The maximum atomic E-state index is 12.8. The van der Waals surface area contributed by atoms with Gasteiger partial charge in [-0.1, -0.05) is 71.8 Å². The van der Waals surface area contributed by atoms with E-state index in [0.29, 0.717) is 134 Å². The Bertz CT molecular complexity index is 5040. The highest BCUT2D eigenvalue weighted by Crippen LogP contribution is 2.25. The van der Waals surface area contributed by atoms with Crippen LogP contribution in [-0.2, 0) is 66.2 Å². The van der Waals surface area contributed by atoms with E-state index in [1.165, 1.54) is 0 Å². The molecule has 0 bridgehead atoms. The van der Waals surface area contributed by atoms with Gasteiger partial charge in [0.25, 0.3) is 32.4 Å². The van der Waals surface area contributed by atoms with Crippen LogP contribution in [0.15, 0.2) is 154 Å². The molecule has 0 fully saturated rings. The highest BCUT2D eigenvalue weighted by atomic mass is 79.9. The van der Waals surface area contributed by atoms with Crippen LogP contribution in [0.2, 0.25) is 0 Å². The number of aromatic nitrogens is 10. The van der Waals surface area contributed by atoms with E-state index in [9.17, 15) is 32.7 Å². The van der Waals surface area contributed by atoms with Gasteiger partial charge in [0.15, 0.2) is 0 Å². The summed E-state index contributed by atoms with van der Waals surface area (Å²) < 4.78 is 37.1. The zero-order valence-electron chi connectivity index (χ0n) is 50.9. The number of aliphatic hydroxyl groups is 1. The first-order valence-electron chi connectivity index (χ1n) is 30.1. The Morgan fingerprint density at radius 2 is 0.904 bits per heavy atom. The number of nitrogens with zero attached hydrogens (tertiary/aromatic N) is 12. The van der Waals surface area contributed by atoms with Crippen molar-refractivity contribution in [2.75, 3.05) is 6.26 Å². The minimum Gasteiger partial charge on any atom is -0.393 e. The molecule has 0 saturated heterocycles. The molecule has 0 saturated carbocycles. The topological polar surface area (TPSA) is 277 Å². The molecule has 6 aromatic heterocycles. The van der Waals surface area contributed by atoms with Gasteiger partial charge in [0.2, 0.25) is 0 Å². The first-order chi connectivity index (χ1) is 44.8. The van der Waals surface area contributed by atoms with Crippen LogP contribution in [0, 0.1) is 58.7 Å². The van der Waals surface area contributed by atoms with Gasteiger partial charge >= 0.3 is 0 Å². The van der Waals surface area contributed by atoms with Gasteiger partial charge in [-0.25, -0.2) is 29.9 Å². The molecule has 1 N–H and O–H groups in total. The van der Waals surface area contributed by atoms with Crippen LogP contribution >= 0.6 is 60.2 Å². The fourth-order valence-corrected chi connectivity index (χ4v) is 13.0. The van der Waals surface area contributed by atoms with Crippen molar-refractivity contribution in [1.29, 1.82) is 10.5 Å². The lowest BCUT2D eigenvalue weighted by atomic mass is 10.0. The molecule has 4 aliphatic heterocycles. The molecule has 4 aromatic carbocycles. The van der Waals surface area contributed by atoms with E-state index in [0.717, 1.165) is 73.0 Å². The van der Waals surface area contributed by atoms with Crippen molar-refractivity contribution in [3.8, 4) is 36.3 Å². The highest BCUT2D eigenvalue weighted by molar-refractivity contribution is 9.11. The molecule has 4 aliphatic rings. The average Bonchev–Trinajstić information content (AvgIpc) is 1.24. The molecular formula is C69H62Br3ClN12O8S. The zero-order chi connectivity index (χ0) is 65.8. The lowest BCUT2D eigenvalue weighted by Gasteiger charge is -2.12. The molecule has 14 rings (SSSR count). The van der Waals surface area contributed by atoms with Crippen LogP contribution in [0.5, 0.6) is 0 Å². The number of pyridine rings is 2. The van der Waals surface area contributed by atoms with Crippen molar-refractivity contribution in [1.82, 2.24) is 48.2 Å². The minimum absolute atomic E-state index is 0. The van der Waals surface area contributed by atoms with Gasteiger partial charge in [-0.15, -0.1) is 18.8 Å². The number of aliphatic hydroxyl groups excluding tert-OH is 1. The predicted octanol–water partition coefficient (Wildman–Crippen LogP) is 10.5. The first-order valence-corrected chi connectivity index (χ1v) is 34.3. The Hall–Kier alpha value is -8.56. The number of benzene rings is 4. The number of nitriles is 2. The van der Waals surface area contributed by atoms with Gasteiger partial charge in [-0.2, -0.15) is 18.9 Å². The summed E-state index contributed by atoms with van der Waals surface area (Å²) >= 11 is 10.2. The van der Waals surface area contributed by atoms with E-state index >= 15 is 0 Å². The molecule has 10 aromatic rings. The molecule has 480 valence electrons. The van der Waals surface area contributed by atoms with Gasteiger partial charge in [0, 0.05) is 95.1 Å². The Morgan fingerprint density at radius 1 is 0.511 bits per heavy atom. The van der Waals surface area contributed by atoms with Crippen LogP contribution in [0.1, 0.15) is 91.6 Å². The summed E-state index contributed by atoms with van der Waals surface area (Å²) in [6.07, 6.45) is 16.5. The van der Waals surface area contributed by atoms with E-state index < -0.39 is 16.2 Å². The highest BCUT2D eigenvalue weighted by Gasteiger charge is 2.25. The summed E-state index contributed by atoms with van der Waals surface area (Å²) in [4.78, 5) is 76.6. The molecule has 4 atom stereocenters. The number of rotatable bonds is 2. The summed E-state index contributed by atoms with van der Waals surface area (Å²) in [7, 11) is -3.50. The van der Waals surface area contributed by atoms with Gasteiger partial charge in [0.1, 0.15) is 34.7 Å². The maximum Gasteiger partial charge on any atom is 0.264 e. The normalized spacial score (nSPS) is 17.0. The molecule has 10 heterocycles. The molecule has 0 amide bonds. The number of halogens is 4. The third-order valence-electron chi connectivity index (χ3n) is 16.1. The summed E-state index contributed by atoms with van der Waals surface area (Å²) in [6.45, 7) is 2.10. The van der Waals surface area contributed by atoms with Gasteiger partial charge in [-0.05, 0) is 154 Å². The van der Waals surface area contributed by atoms with Crippen molar-refractivity contribution >= 4 is 114 Å². The molecule has 94 heavy (non-hydrogen) atoms. The van der Waals surface area contributed by atoms with Crippen molar-refractivity contribution in [2.24, 2.45) is 11.8 Å². The maximum absolute atomic E-state index is 12.8. The van der Waals surface area contributed by atoms with Crippen LogP contribution in [0.3, 0.4) is 0 Å². The second kappa shape index (κ2) is 32.0. The molecule has 20 nitrogen and oxygen atoms in total. The summed E-state index contributed by atoms with van der Waals surface area (Å²) in [6, 6.07) is 37.6. The molecular weight excluding hydrogens is 1430 g/mol. The third kappa shape index (κ3) is 17.6. The molecule has 25 heteroatoms. The number of terminal acetylenes is 1. The molecule has 0 radical (unpaired) electrons. The Balaban J connectivity index is 0.000000142. The van der Waals surface area contributed by atoms with E-state index in [4.69, 9.17) is 26.1 Å². The number of aryl methyl sites for hydroxylation is 4. The minimum atomic E-state index is -3.50. The second-order valence-electron chi connectivity index (χ2n) is 22.5. The smallest absolute Gasteiger partial charge is 0.264 e. The molecule has 0 spiro atoms. The van der Waals surface area contributed by atoms with E-state index in [2.05, 4.69) is 103 Å². The van der Waals surface area contributed by atoms with Crippen molar-refractivity contribution in [2.45, 2.75) is 115 Å². The molecule has 4 unspecified atom stereocenters. The lowest BCUT2D eigenvalue weighted by molar-refractivity contribution is 0.155. The zero-order valence-corrected chi connectivity index (χ0v) is 57.3. The SMILES string of the molecule is C#Cc1ccccn1.CS(=O)(=O)OC1CCc2nc3cc(Br)ccc3c(=O)n2CC1.Cl.N#CC1CCc2nc3cc(Br)ccc3c(=O)n2CC1.N#CC1CCc2nc3cc(C#Cc4ccccn4)ccc3c(=O)n2CC1.O=c1c2ccc(Br)cc2nc2n1CCC(O)CC2. The lowest BCUT2D eigenvalue weighted by Crippen LogP contribution is -2.25. The standard InChI is InChI=1S/C21H16N4O.C14H12BrN3O.C14H15BrN2O4S.C13H13BrN2O2.C7H5N.ClH/c22-14-16-6-9-20-24-19-13-15(4-7-17-3-1-2-11-23-17)5-8-18(19)21(26)25(20)12-10-16;15-10-2-3-11-12(7-10)17-13-4-1-9(8-16)5-6-18(13)14(11)19;1-22(19,20)21-10-3-5-13-16-12-8-9(15)2-4-11(12)14(18)17(13)7-6-10;14-8-1-3-10-11(7-8)15-12-4-2-9(17)5-6-16(12)13(10)18;1-2-7-5-3-4-6-8-7;/h1-3,5,8,11,13,16H,6,9-10,12H2;2-3,7,9H,1,4-6H2;2,4,8,10H,3,5-7H2,1H3;1,3,7,9,17H,2,4-6H2;1,3-6H;1H. The van der Waals surface area contributed by atoms with Crippen molar-refractivity contribution in [3.63, 3.8) is 0 Å². The monoisotopic (exact) mass is 1490 g/mol. The summed E-state index contributed by atoms with van der Waals surface area (Å²) in [5.41, 5.74) is 4.81. The Morgan fingerprint density at radius 3 is 1.31 bits per heavy atom. The quantitative estimate of drug-likeness (QED) is 0.124. The fraction of sp³-hybridized carbons (Fsp3) is 0.304.